The fourth-order valence-corrected chi connectivity index (χ4v) is 2.64. The highest BCUT2D eigenvalue weighted by molar-refractivity contribution is 5.85. The lowest BCUT2D eigenvalue weighted by atomic mass is 10.00. The largest absolute Gasteiger partial charge is 0.338 e. The fourth-order valence-electron chi connectivity index (χ4n) is 2.64. The molecule has 1 fully saturated rings. The molecule has 1 aliphatic heterocycles. The van der Waals surface area contributed by atoms with E-state index >= 15 is 0 Å². The molecule has 6 nitrogen and oxygen atoms in total. The van der Waals surface area contributed by atoms with Crippen LogP contribution in [0.1, 0.15) is 37.4 Å². The van der Waals surface area contributed by atoms with E-state index in [1.165, 1.54) is 32.2 Å². The first-order valence-corrected chi connectivity index (χ1v) is 7.09. The van der Waals surface area contributed by atoms with Gasteiger partial charge in [0.15, 0.2) is 5.82 Å². The molecule has 2 heterocycles. The Kier molecular flexibility index (Phi) is 10.1. The number of halogens is 2. The Balaban J connectivity index is 0.00000200. The van der Waals surface area contributed by atoms with E-state index in [9.17, 15) is 0 Å². The van der Waals surface area contributed by atoms with Gasteiger partial charge in [0.25, 0.3) is 0 Å². The van der Waals surface area contributed by atoms with E-state index in [0.29, 0.717) is 12.4 Å². The SMILES string of the molecule is CN(CCC1CCCCN1C)Cc1noc(CN)n1.Cl.Cl. The van der Waals surface area contributed by atoms with Crippen LogP contribution in [0.15, 0.2) is 4.52 Å². The normalized spacial score (nSPS) is 19.1. The summed E-state index contributed by atoms with van der Waals surface area (Å²) >= 11 is 0. The third-order valence-corrected chi connectivity index (χ3v) is 3.86. The van der Waals surface area contributed by atoms with Gasteiger partial charge in [-0.05, 0) is 46.4 Å². The second kappa shape index (κ2) is 10.3. The molecule has 0 radical (unpaired) electrons. The Morgan fingerprint density at radius 1 is 1.38 bits per heavy atom. The molecule has 1 atom stereocenters. The first-order valence-electron chi connectivity index (χ1n) is 7.09. The quantitative estimate of drug-likeness (QED) is 0.850. The van der Waals surface area contributed by atoms with Gasteiger partial charge in [0.2, 0.25) is 5.89 Å². The van der Waals surface area contributed by atoms with Crippen LogP contribution < -0.4 is 5.73 Å². The van der Waals surface area contributed by atoms with Crippen molar-refractivity contribution in [3.63, 3.8) is 0 Å². The lowest BCUT2D eigenvalue weighted by Gasteiger charge is -2.33. The summed E-state index contributed by atoms with van der Waals surface area (Å²) in [6.45, 7) is 3.32. The number of nitrogens with two attached hydrogens (primary N) is 1. The molecule has 124 valence electrons. The second-order valence-corrected chi connectivity index (χ2v) is 5.47. The van der Waals surface area contributed by atoms with Gasteiger partial charge >= 0.3 is 0 Å². The summed E-state index contributed by atoms with van der Waals surface area (Å²) < 4.78 is 5.01. The Bertz CT molecular complexity index is 390. The number of likely N-dealkylation sites (tertiary alicyclic amines) is 1. The number of rotatable bonds is 6. The molecule has 1 unspecified atom stereocenters. The summed E-state index contributed by atoms with van der Waals surface area (Å²) in [5.74, 6) is 1.23. The van der Waals surface area contributed by atoms with Crippen molar-refractivity contribution in [2.24, 2.45) is 5.73 Å². The molecule has 1 saturated heterocycles. The smallest absolute Gasteiger partial charge is 0.240 e. The van der Waals surface area contributed by atoms with Crippen LogP contribution in [-0.2, 0) is 13.1 Å². The summed E-state index contributed by atoms with van der Waals surface area (Å²) in [5.41, 5.74) is 5.45. The van der Waals surface area contributed by atoms with Crippen molar-refractivity contribution in [2.75, 3.05) is 27.2 Å². The van der Waals surface area contributed by atoms with Crippen LogP contribution in [0.4, 0.5) is 0 Å². The summed E-state index contributed by atoms with van der Waals surface area (Å²) in [7, 11) is 4.33. The van der Waals surface area contributed by atoms with Crippen molar-refractivity contribution >= 4 is 24.8 Å². The summed E-state index contributed by atoms with van der Waals surface area (Å²) in [6, 6.07) is 0.723. The van der Waals surface area contributed by atoms with Gasteiger partial charge in [-0.25, -0.2) is 0 Å². The van der Waals surface area contributed by atoms with Gasteiger partial charge in [0.05, 0.1) is 13.1 Å². The first-order chi connectivity index (χ1) is 9.19. The van der Waals surface area contributed by atoms with Crippen LogP contribution in [0.5, 0.6) is 0 Å². The predicted molar refractivity (Wildman–Crippen MR) is 87.9 cm³/mol. The van der Waals surface area contributed by atoms with Crippen LogP contribution in [-0.4, -0.2) is 53.2 Å². The van der Waals surface area contributed by atoms with E-state index in [0.717, 1.165) is 25.0 Å². The first kappa shape index (κ1) is 20.6. The Hall–Kier alpha value is -0.400. The highest BCUT2D eigenvalue weighted by atomic mass is 35.5. The summed E-state index contributed by atoms with van der Waals surface area (Å²) in [5, 5.41) is 3.92. The number of nitrogens with zero attached hydrogens (tertiary/aromatic N) is 4. The molecule has 1 aromatic heterocycles. The average molecular weight is 340 g/mol. The third kappa shape index (κ3) is 6.48. The van der Waals surface area contributed by atoms with Crippen LogP contribution in [0.3, 0.4) is 0 Å². The van der Waals surface area contributed by atoms with Gasteiger partial charge in [-0.15, -0.1) is 24.8 Å². The second-order valence-electron chi connectivity index (χ2n) is 5.47. The van der Waals surface area contributed by atoms with Gasteiger partial charge < -0.3 is 15.2 Å². The Morgan fingerprint density at radius 2 is 2.14 bits per heavy atom. The van der Waals surface area contributed by atoms with Crippen molar-refractivity contribution in [2.45, 2.75) is 44.8 Å². The Labute approximate surface area is 139 Å². The monoisotopic (exact) mass is 339 g/mol. The lowest BCUT2D eigenvalue weighted by Crippen LogP contribution is -2.38. The van der Waals surface area contributed by atoms with Crippen molar-refractivity contribution in [3.8, 4) is 0 Å². The highest BCUT2D eigenvalue weighted by Crippen LogP contribution is 2.18. The molecular formula is C13H27Cl2N5O. The van der Waals surface area contributed by atoms with E-state index in [1.807, 2.05) is 0 Å². The number of hydrogen-bond donors (Lipinski definition) is 1. The lowest BCUT2D eigenvalue weighted by molar-refractivity contribution is 0.158. The average Bonchev–Trinajstić information content (AvgIpc) is 2.85. The van der Waals surface area contributed by atoms with E-state index in [-0.39, 0.29) is 24.8 Å². The van der Waals surface area contributed by atoms with Gasteiger partial charge in [0.1, 0.15) is 0 Å². The van der Waals surface area contributed by atoms with Crippen LogP contribution >= 0.6 is 24.8 Å². The molecule has 0 bridgehead atoms. The van der Waals surface area contributed by atoms with Crippen LogP contribution in [0.2, 0.25) is 0 Å². The van der Waals surface area contributed by atoms with Gasteiger partial charge in [-0.1, -0.05) is 11.6 Å². The van der Waals surface area contributed by atoms with Gasteiger partial charge in [0, 0.05) is 6.04 Å². The zero-order valence-electron chi connectivity index (χ0n) is 12.8. The maximum atomic E-state index is 5.45. The minimum Gasteiger partial charge on any atom is -0.338 e. The molecule has 0 spiro atoms. The molecule has 2 N–H and O–H groups in total. The molecule has 8 heteroatoms. The maximum absolute atomic E-state index is 5.45. The van der Waals surface area contributed by atoms with Crippen molar-refractivity contribution < 1.29 is 4.52 Å². The molecule has 0 aliphatic carbocycles. The van der Waals surface area contributed by atoms with Gasteiger partial charge in [-0.3, -0.25) is 4.90 Å². The van der Waals surface area contributed by atoms with Crippen LogP contribution in [0.25, 0.3) is 0 Å². The van der Waals surface area contributed by atoms with E-state index in [2.05, 4.69) is 34.0 Å². The number of aromatic nitrogens is 2. The van der Waals surface area contributed by atoms with Gasteiger partial charge in [-0.2, -0.15) is 4.98 Å². The molecule has 0 saturated carbocycles. The number of hydrogen-bond acceptors (Lipinski definition) is 6. The van der Waals surface area contributed by atoms with E-state index < -0.39 is 0 Å². The zero-order valence-corrected chi connectivity index (χ0v) is 14.5. The maximum Gasteiger partial charge on any atom is 0.240 e. The minimum absolute atomic E-state index is 0. The van der Waals surface area contributed by atoms with Crippen molar-refractivity contribution in [1.82, 2.24) is 19.9 Å². The standard InChI is InChI=1S/C13H25N5O.2ClH/c1-17(10-12-15-13(9-14)19-16-12)8-6-11-5-3-4-7-18(11)2;;/h11H,3-10,14H2,1-2H3;2*1H. The molecule has 21 heavy (non-hydrogen) atoms. The summed E-state index contributed by atoms with van der Waals surface area (Å²) in [4.78, 5) is 8.95. The molecule has 2 rings (SSSR count). The molecular weight excluding hydrogens is 313 g/mol. The van der Waals surface area contributed by atoms with Crippen LogP contribution in [0, 0.1) is 0 Å². The molecule has 1 aliphatic rings. The highest BCUT2D eigenvalue weighted by Gasteiger charge is 2.19. The summed E-state index contributed by atoms with van der Waals surface area (Å²) in [6.07, 6.45) is 5.23. The Morgan fingerprint density at radius 3 is 2.76 bits per heavy atom. The zero-order chi connectivity index (χ0) is 13.7. The minimum atomic E-state index is 0. The molecule has 0 aromatic carbocycles. The number of piperidine rings is 1. The topological polar surface area (TPSA) is 71.4 Å². The van der Waals surface area contributed by atoms with Crippen molar-refractivity contribution in [1.29, 1.82) is 0 Å². The fraction of sp³-hybridized carbons (Fsp3) is 0.846. The van der Waals surface area contributed by atoms with E-state index in [4.69, 9.17) is 10.3 Å². The predicted octanol–water partition coefficient (Wildman–Crippen LogP) is 1.68. The van der Waals surface area contributed by atoms with E-state index in [1.54, 1.807) is 0 Å². The molecule has 0 amide bonds. The van der Waals surface area contributed by atoms with Crippen molar-refractivity contribution in [3.05, 3.63) is 11.7 Å². The molecule has 1 aromatic rings. The third-order valence-electron chi connectivity index (χ3n) is 3.86.